The van der Waals surface area contributed by atoms with Crippen LogP contribution in [0.2, 0.25) is 0 Å². The monoisotopic (exact) mass is 213 g/mol. The Morgan fingerprint density at radius 2 is 2.50 bits per heavy atom. The van der Waals surface area contributed by atoms with Crippen molar-refractivity contribution in [3.8, 4) is 0 Å². The van der Waals surface area contributed by atoms with Crippen molar-refractivity contribution in [3.05, 3.63) is 11.6 Å². The van der Waals surface area contributed by atoms with Crippen molar-refractivity contribution in [2.75, 3.05) is 5.32 Å². The molecule has 0 aromatic carbocycles. The van der Waals surface area contributed by atoms with Crippen molar-refractivity contribution >= 4 is 22.4 Å². The second-order valence-corrected chi connectivity index (χ2v) is 4.13. The van der Waals surface area contributed by atoms with Gasteiger partial charge in [-0.25, -0.2) is 4.98 Å². The lowest BCUT2D eigenvalue weighted by Crippen LogP contribution is -2.40. The molecule has 1 aromatic rings. The summed E-state index contributed by atoms with van der Waals surface area (Å²) in [6.45, 7) is 3.98. The van der Waals surface area contributed by atoms with Crippen molar-refractivity contribution in [1.29, 1.82) is 0 Å². The Labute approximate surface area is 87.5 Å². The molecule has 3 N–H and O–H groups in total. The lowest BCUT2D eigenvalue weighted by Gasteiger charge is -2.16. The van der Waals surface area contributed by atoms with Gasteiger partial charge in [-0.1, -0.05) is 20.3 Å². The summed E-state index contributed by atoms with van der Waals surface area (Å²) in [4.78, 5) is 15.5. The summed E-state index contributed by atoms with van der Waals surface area (Å²) in [5.41, 5.74) is 5.75. The van der Waals surface area contributed by atoms with E-state index in [1.165, 1.54) is 11.3 Å². The Balaban J connectivity index is 2.50. The molecule has 0 saturated carbocycles. The number of thiazole rings is 1. The van der Waals surface area contributed by atoms with E-state index in [-0.39, 0.29) is 11.8 Å². The number of nitrogens with two attached hydrogens (primary N) is 1. The van der Waals surface area contributed by atoms with Gasteiger partial charge < -0.3 is 11.1 Å². The maximum atomic E-state index is 11.5. The van der Waals surface area contributed by atoms with Gasteiger partial charge in [-0.05, 0) is 5.92 Å². The quantitative estimate of drug-likeness (QED) is 0.795. The van der Waals surface area contributed by atoms with Gasteiger partial charge in [-0.15, -0.1) is 11.3 Å². The first kappa shape index (κ1) is 11.1. The van der Waals surface area contributed by atoms with E-state index < -0.39 is 6.04 Å². The molecule has 78 valence electrons. The fourth-order valence-corrected chi connectivity index (χ4v) is 1.52. The Kier molecular flexibility index (Phi) is 4.03. The zero-order chi connectivity index (χ0) is 10.6. The van der Waals surface area contributed by atoms with Crippen LogP contribution in [0.1, 0.15) is 20.3 Å². The Morgan fingerprint density at radius 3 is 3.00 bits per heavy atom. The van der Waals surface area contributed by atoms with Crippen molar-refractivity contribution in [1.82, 2.24) is 4.98 Å². The topological polar surface area (TPSA) is 68.0 Å². The van der Waals surface area contributed by atoms with Crippen LogP contribution in [0.4, 0.5) is 5.13 Å². The van der Waals surface area contributed by atoms with Crippen LogP contribution in [0.3, 0.4) is 0 Å². The summed E-state index contributed by atoms with van der Waals surface area (Å²) < 4.78 is 0. The number of hydrogen-bond donors (Lipinski definition) is 2. The van der Waals surface area contributed by atoms with Crippen LogP contribution in [-0.2, 0) is 4.79 Å². The number of nitrogens with one attached hydrogen (secondary N) is 1. The maximum Gasteiger partial charge on any atom is 0.243 e. The van der Waals surface area contributed by atoms with Crippen molar-refractivity contribution in [2.45, 2.75) is 26.3 Å². The Bertz CT molecular complexity index is 286. The normalized spacial score (nSPS) is 14.8. The number of carbonyl (C=O) groups excluding carboxylic acids is 1. The molecule has 1 amide bonds. The molecule has 0 spiro atoms. The van der Waals surface area contributed by atoms with Gasteiger partial charge in [0.25, 0.3) is 0 Å². The molecular weight excluding hydrogens is 198 g/mol. The fourth-order valence-electron chi connectivity index (χ4n) is 0.986. The van der Waals surface area contributed by atoms with E-state index in [1.54, 1.807) is 6.20 Å². The highest BCUT2D eigenvalue weighted by Crippen LogP contribution is 2.12. The van der Waals surface area contributed by atoms with Crippen LogP contribution in [0, 0.1) is 5.92 Å². The molecule has 0 bridgehead atoms. The molecule has 1 heterocycles. The average molecular weight is 213 g/mol. The number of carbonyl (C=O) groups is 1. The number of rotatable bonds is 4. The predicted molar refractivity (Wildman–Crippen MR) is 58.2 cm³/mol. The fraction of sp³-hybridized carbons (Fsp3) is 0.556. The highest BCUT2D eigenvalue weighted by atomic mass is 32.1. The molecule has 5 heteroatoms. The van der Waals surface area contributed by atoms with E-state index in [2.05, 4.69) is 10.3 Å². The van der Waals surface area contributed by atoms with Gasteiger partial charge in [-0.3, -0.25) is 4.79 Å². The first-order valence-electron chi connectivity index (χ1n) is 4.61. The highest BCUT2D eigenvalue weighted by molar-refractivity contribution is 7.13. The van der Waals surface area contributed by atoms with Crippen molar-refractivity contribution in [3.63, 3.8) is 0 Å². The van der Waals surface area contributed by atoms with Gasteiger partial charge in [0.2, 0.25) is 5.91 Å². The molecular formula is C9H15N3OS. The molecule has 0 aliphatic heterocycles. The summed E-state index contributed by atoms with van der Waals surface area (Å²) >= 11 is 1.39. The van der Waals surface area contributed by atoms with Gasteiger partial charge in [0.05, 0.1) is 6.04 Å². The molecule has 0 aliphatic carbocycles. The summed E-state index contributed by atoms with van der Waals surface area (Å²) in [6.07, 6.45) is 2.54. The molecule has 4 nitrogen and oxygen atoms in total. The third kappa shape index (κ3) is 2.78. The van der Waals surface area contributed by atoms with E-state index in [0.717, 1.165) is 6.42 Å². The summed E-state index contributed by atoms with van der Waals surface area (Å²) in [5.74, 6) is 0.0317. The minimum Gasteiger partial charge on any atom is -0.320 e. The van der Waals surface area contributed by atoms with Crippen LogP contribution in [0.25, 0.3) is 0 Å². The van der Waals surface area contributed by atoms with E-state index in [9.17, 15) is 4.79 Å². The second kappa shape index (κ2) is 5.07. The largest absolute Gasteiger partial charge is 0.320 e. The number of aromatic nitrogens is 1. The van der Waals surface area contributed by atoms with Crippen molar-refractivity contribution < 1.29 is 4.79 Å². The lowest BCUT2D eigenvalue weighted by molar-refractivity contribution is -0.118. The minimum absolute atomic E-state index is 0.158. The standard InChI is InChI=1S/C9H15N3OS/c1-3-6(2)7(10)8(13)12-9-11-4-5-14-9/h4-7H,3,10H2,1-2H3,(H,11,12,13)/t6-,7-/m0/s1. The third-order valence-corrected chi connectivity index (χ3v) is 2.91. The molecule has 14 heavy (non-hydrogen) atoms. The first-order valence-corrected chi connectivity index (χ1v) is 5.49. The Morgan fingerprint density at radius 1 is 1.79 bits per heavy atom. The zero-order valence-electron chi connectivity index (χ0n) is 8.36. The number of hydrogen-bond acceptors (Lipinski definition) is 4. The van der Waals surface area contributed by atoms with E-state index in [0.29, 0.717) is 5.13 Å². The molecule has 2 atom stereocenters. The van der Waals surface area contributed by atoms with Gasteiger partial charge in [0.15, 0.2) is 5.13 Å². The summed E-state index contributed by atoms with van der Waals surface area (Å²) in [5, 5.41) is 5.10. The average Bonchev–Trinajstić information content (AvgIpc) is 2.68. The van der Waals surface area contributed by atoms with Gasteiger partial charge in [0.1, 0.15) is 0 Å². The predicted octanol–water partition coefficient (Wildman–Crippen LogP) is 1.45. The molecule has 0 fully saturated rings. The SMILES string of the molecule is CC[C@H](C)[C@H](N)C(=O)Nc1nccs1. The molecule has 0 radical (unpaired) electrons. The van der Waals surface area contributed by atoms with Crippen LogP contribution < -0.4 is 11.1 Å². The number of amides is 1. The van der Waals surface area contributed by atoms with Crippen LogP contribution in [-0.4, -0.2) is 16.9 Å². The number of anilines is 1. The molecule has 0 saturated heterocycles. The maximum absolute atomic E-state index is 11.5. The van der Waals surface area contributed by atoms with Gasteiger partial charge in [0, 0.05) is 11.6 Å². The minimum atomic E-state index is -0.455. The highest BCUT2D eigenvalue weighted by Gasteiger charge is 2.19. The third-order valence-electron chi connectivity index (χ3n) is 2.22. The zero-order valence-corrected chi connectivity index (χ0v) is 9.17. The summed E-state index contributed by atoms with van der Waals surface area (Å²) in [7, 11) is 0. The molecule has 0 aliphatic rings. The van der Waals surface area contributed by atoms with Crippen LogP contribution in [0.5, 0.6) is 0 Å². The van der Waals surface area contributed by atoms with E-state index in [1.807, 2.05) is 19.2 Å². The second-order valence-electron chi connectivity index (χ2n) is 3.24. The van der Waals surface area contributed by atoms with Gasteiger partial charge in [-0.2, -0.15) is 0 Å². The summed E-state index contributed by atoms with van der Waals surface area (Å²) in [6, 6.07) is -0.455. The van der Waals surface area contributed by atoms with Crippen LogP contribution in [0.15, 0.2) is 11.6 Å². The first-order chi connectivity index (χ1) is 6.65. The van der Waals surface area contributed by atoms with Crippen LogP contribution >= 0.6 is 11.3 Å². The van der Waals surface area contributed by atoms with Crippen molar-refractivity contribution in [2.24, 2.45) is 11.7 Å². The van der Waals surface area contributed by atoms with E-state index >= 15 is 0 Å². The van der Waals surface area contributed by atoms with Gasteiger partial charge >= 0.3 is 0 Å². The number of nitrogens with zero attached hydrogens (tertiary/aromatic N) is 1. The van der Waals surface area contributed by atoms with E-state index in [4.69, 9.17) is 5.73 Å². The molecule has 1 rings (SSSR count). The molecule has 1 aromatic heterocycles. The Hall–Kier alpha value is -0.940. The smallest absolute Gasteiger partial charge is 0.243 e. The molecule has 0 unspecified atom stereocenters. The lowest BCUT2D eigenvalue weighted by atomic mass is 10.00.